The van der Waals surface area contributed by atoms with Crippen molar-refractivity contribution in [1.29, 1.82) is 5.26 Å². The number of nitriles is 1. The zero-order valence-electron chi connectivity index (χ0n) is 13.0. The third kappa shape index (κ3) is 2.60. The first-order valence-electron chi connectivity index (χ1n) is 7.56. The van der Waals surface area contributed by atoms with Gasteiger partial charge in [-0.3, -0.25) is 0 Å². The van der Waals surface area contributed by atoms with Gasteiger partial charge in [-0.2, -0.15) is 5.26 Å². The molecule has 0 aliphatic heterocycles. The number of H-pyrrole nitrogens is 1. The van der Waals surface area contributed by atoms with Crippen LogP contribution in [0.5, 0.6) is 0 Å². The quantitative estimate of drug-likeness (QED) is 0.485. The summed E-state index contributed by atoms with van der Waals surface area (Å²) < 4.78 is 1.55. The number of hydrogen-bond acceptors (Lipinski definition) is 5. The molecule has 0 aliphatic rings. The van der Waals surface area contributed by atoms with E-state index in [9.17, 15) is 5.26 Å². The second kappa shape index (κ2) is 6.13. The van der Waals surface area contributed by atoms with Crippen molar-refractivity contribution in [3.8, 4) is 27.8 Å². The van der Waals surface area contributed by atoms with Crippen molar-refractivity contribution in [3.05, 3.63) is 64.8 Å². The van der Waals surface area contributed by atoms with Crippen molar-refractivity contribution in [2.24, 2.45) is 0 Å². The highest BCUT2D eigenvalue weighted by atomic mass is 32.1. The molecule has 0 amide bonds. The molecule has 0 aliphatic carbocycles. The number of fused-ring (bicyclic) bond motifs is 1. The maximum absolute atomic E-state index is 9.66. The normalized spacial score (nSPS) is 10.7. The van der Waals surface area contributed by atoms with Crippen molar-refractivity contribution in [1.82, 2.24) is 9.97 Å². The number of aromatic amines is 1. The molecule has 4 rings (SSSR count). The van der Waals surface area contributed by atoms with Gasteiger partial charge in [-0.1, -0.05) is 54.7 Å². The number of pyridine rings is 1. The highest BCUT2D eigenvalue weighted by Crippen LogP contribution is 2.40. The lowest BCUT2D eigenvalue weighted by atomic mass is 9.96. The van der Waals surface area contributed by atoms with Gasteiger partial charge in [0.05, 0.1) is 15.8 Å². The number of nitrogen functional groups attached to an aromatic ring is 1. The van der Waals surface area contributed by atoms with Crippen LogP contribution in [-0.4, -0.2) is 9.97 Å². The summed E-state index contributed by atoms with van der Waals surface area (Å²) in [6.07, 6.45) is 0. The number of nitrogens with one attached hydrogen (secondary N) is 1. The summed E-state index contributed by atoms with van der Waals surface area (Å²) in [6, 6.07) is 19.8. The van der Waals surface area contributed by atoms with E-state index in [1.165, 1.54) is 0 Å². The van der Waals surface area contributed by atoms with Gasteiger partial charge < -0.3 is 10.7 Å². The zero-order chi connectivity index (χ0) is 17.4. The molecule has 0 bridgehead atoms. The van der Waals surface area contributed by atoms with Gasteiger partial charge in [0.25, 0.3) is 0 Å². The van der Waals surface area contributed by atoms with Crippen LogP contribution in [0.3, 0.4) is 0 Å². The van der Waals surface area contributed by atoms with Crippen LogP contribution in [0.25, 0.3) is 31.9 Å². The number of thiazole rings is 1. The topological polar surface area (TPSA) is 78.5 Å². The van der Waals surface area contributed by atoms with Crippen LogP contribution in [-0.2, 0) is 0 Å². The Morgan fingerprint density at radius 3 is 2.48 bits per heavy atom. The van der Waals surface area contributed by atoms with E-state index in [0.717, 1.165) is 31.9 Å². The first-order chi connectivity index (χ1) is 12.2. The summed E-state index contributed by atoms with van der Waals surface area (Å²) in [5, 5.41) is 10.4. The maximum Gasteiger partial charge on any atom is 0.128 e. The fourth-order valence-corrected chi connectivity index (χ4v) is 4.21. The molecule has 0 saturated heterocycles. The molecule has 4 nitrogen and oxygen atoms in total. The fourth-order valence-electron chi connectivity index (χ4n) is 2.81. The molecule has 0 atom stereocenters. The average Bonchev–Trinajstić information content (AvgIpc) is 3.05. The van der Waals surface area contributed by atoms with Gasteiger partial charge in [0, 0.05) is 5.56 Å². The van der Waals surface area contributed by atoms with Crippen molar-refractivity contribution in [2.45, 2.75) is 0 Å². The minimum atomic E-state index is 0.274. The number of nitrogens with two attached hydrogens (primary N) is 1. The van der Waals surface area contributed by atoms with Crippen LogP contribution in [0, 0.1) is 16.0 Å². The third-order valence-corrected chi connectivity index (χ3v) is 5.29. The van der Waals surface area contributed by atoms with E-state index in [4.69, 9.17) is 22.9 Å². The second-order valence-electron chi connectivity index (χ2n) is 5.46. The molecule has 0 radical (unpaired) electrons. The Hall–Kier alpha value is -3.01. The highest BCUT2D eigenvalue weighted by Gasteiger charge is 2.20. The number of benzene rings is 2. The Bertz CT molecular complexity index is 1150. The molecule has 0 unspecified atom stereocenters. The molecule has 2 heterocycles. The number of aromatic nitrogens is 2. The van der Waals surface area contributed by atoms with Crippen LogP contribution >= 0.6 is 23.6 Å². The Balaban J connectivity index is 2.12. The van der Waals surface area contributed by atoms with E-state index in [2.05, 4.69) is 11.1 Å². The second-order valence-corrected chi connectivity index (χ2v) is 6.90. The number of hydrogen-bond donors (Lipinski definition) is 2. The van der Waals surface area contributed by atoms with Crippen LogP contribution in [0.15, 0.2) is 54.6 Å². The van der Waals surface area contributed by atoms with E-state index in [0.29, 0.717) is 10.2 Å². The van der Waals surface area contributed by atoms with Gasteiger partial charge in [-0.15, -0.1) is 11.3 Å². The number of anilines is 1. The van der Waals surface area contributed by atoms with Crippen LogP contribution in [0.1, 0.15) is 5.56 Å². The predicted octanol–water partition coefficient (Wildman–Crippen LogP) is 5.14. The molecule has 3 N–H and O–H groups in total. The van der Waals surface area contributed by atoms with Crippen molar-refractivity contribution in [3.63, 3.8) is 0 Å². The van der Waals surface area contributed by atoms with Gasteiger partial charge in [0.2, 0.25) is 0 Å². The smallest absolute Gasteiger partial charge is 0.128 e. The first kappa shape index (κ1) is 15.5. The Morgan fingerprint density at radius 1 is 1.04 bits per heavy atom. The molecule has 120 valence electrons. The van der Waals surface area contributed by atoms with Crippen molar-refractivity contribution >= 4 is 39.6 Å². The summed E-state index contributed by atoms with van der Waals surface area (Å²) in [5.74, 6) is 0.274. The summed E-state index contributed by atoms with van der Waals surface area (Å²) in [4.78, 5) is 7.66. The Morgan fingerprint density at radius 2 is 1.76 bits per heavy atom. The number of rotatable bonds is 2. The predicted molar refractivity (Wildman–Crippen MR) is 105 cm³/mol. The molecule has 25 heavy (non-hydrogen) atoms. The number of nitrogens with zero attached hydrogens (tertiary/aromatic N) is 2. The Kier molecular flexibility index (Phi) is 3.80. The Labute approximate surface area is 153 Å². The largest absolute Gasteiger partial charge is 0.384 e. The zero-order valence-corrected chi connectivity index (χ0v) is 14.6. The molecule has 0 spiro atoms. The van der Waals surface area contributed by atoms with Gasteiger partial charge in [0.1, 0.15) is 27.1 Å². The van der Waals surface area contributed by atoms with E-state index >= 15 is 0 Å². The van der Waals surface area contributed by atoms with Gasteiger partial charge in [-0.05, 0) is 17.7 Å². The van der Waals surface area contributed by atoms with E-state index in [1.54, 1.807) is 11.3 Å². The summed E-state index contributed by atoms with van der Waals surface area (Å²) in [7, 11) is 0. The lowest BCUT2D eigenvalue weighted by Gasteiger charge is -2.12. The summed E-state index contributed by atoms with van der Waals surface area (Å²) in [5.41, 5.74) is 9.68. The monoisotopic (exact) mass is 360 g/mol. The third-order valence-electron chi connectivity index (χ3n) is 3.93. The first-order valence-corrected chi connectivity index (χ1v) is 8.78. The molecule has 2 aromatic carbocycles. The molecule has 2 aromatic heterocycles. The van der Waals surface area contributed by atoms with E-state index in [1.807, 2.05) is 54.6 Å². The lowest BCUT2D eigenvalue weighted by Crippen LogP contribution is -2.01. The van der Waals surface area contributed by atoms with Crippen molar-refractivity contribution in [2.75, 3.05) is 5.73 Å². The molecule has 0 fully saturated rings. The highest BCUT2D eigenvalue weighted by molar-refractivity contribution is 7.71. The van der Waals surface area contributed by atoms with Crippen LogP contribution in [0.4, 0.5) is 5.82 Å². The molecule has 6 heteroatoms. The average molecular weight is 360 g/mol. The molecule has 4 aromatic rings. The maximum atomic E-state index is 9.66. The van der Waals surface area contributed by atoms with Gasteiger partial charge in [-0.25, -0.2) is 4.98 Å². The number of para-hydroxylation sites is 1. The molecular formula is C19H12N4S2. The minimum Gasteiger partial charge on any atom is -0.384 e. The van der Waals surface area contributed by atoms with Crippen LogP contribution in [0.2, 0.25) is 0 Å². The standard InChI is InChI=1S/C19H12N4S2/c20-10-12-15(11-6-2-1-3-7-11)16(18(24)23-17(12)21)19-22-13-8-4-5-9-14(13)25-19/h1-9H,(H3,21,23,24). The van der Waals surface area contributed by atoms with Gasteiger partial charge >= 0.3 is 0 Å². The molecule has 0 saturated carbocycles. The lowest BCUT2D eigenvalue weighted by molar-refractivity contribution is 1.28. The summed E-state index contributed by atoms with van der Waals surface area (Å²) in [6.45, 7) is 0. The van der Waals surface area contributed by atoms with Crippen LogP contribution < -0.4 is 5.73 Å². The van der Waals surface area contributed by atoms with Gasteiger partial charge in [0.15, 0.2) is 0 Å². The van der Waals surface area contributed by atoms with E-state index < -0.39 is 0 Å². The summed E-state index contributed by atoms with van der Waals surface area (Å²) >= 11 is 7.09. The SMILES string of the molecule is N#Cc1c(N)[nH]c(=S)c(-c2nc3ccccc3s2)c1-c1ccccc1. The van der Waals surface area contributed by atoms with E-state index in [-0.39, 0.29) is 5.82 Å². The minimum absolute atomic E-state index is 0.274. The van der Waals surface area contributed by atoms with Crippen molar-refractivity contribution < 1.29 is 0 Å². The fraction of sp³-hybridized carbons (Fsp3) is 0. The molecular weight excluding hydrogens is 348 g/mol.